The molecule has 0 aliphatic heterocycles. The van der Waals surface area contributed by atoms with Crippen molar-refractivity contribution in [2.45, 2.75) is 102 Å². The fourth-order valence-corrected chi connectivity index (χ4v) is 7.18. The van der Waals surface area contributed by atoms with Crippen LogP contribution in [-0.4, -0.2) is 54.7 Å². The summed E-state index contributed by atoms with van der Waals surface area (Å²) in [6.45, 7) is 7.48. The Morgan fingerprint density at radius 2 is 1.62 bits per heavy atom. The van der Waals surface area contributed by atoms with Crippen molar-refractivity contribution in [2.24, 2.45) is 5.92 Å². The number of carboxylic acid groups (broad SMARTS) is 1. The molecule has 0 radical (unpaired) electrons. The Morgan fingerprint density at radius 3 is 2.21 bits per heavy atom. The van der Waals surface area contributed by atoms with Gasteiger partial charge in [-0.05, 0) is 55.9 Å². The van der Waals surface area contributed by atoms with E-state index >= 15 is 0 Å². The van der Waals surface area contributed by atoms with Crippen molar-refractivity contribution in [1.29, 1.82) is 0 Å². The third-order valence-electron chi connectivity index (χ3n) is 6.52. The van der Waals surface area contributed by atoms with Crippen LogP contribution in [0, 0.1) is 5.92 Å². The number of carboxylic acids is 1. The Morgan fingerprint density at radius 1 is 1.00 bits per heavy atom. The van der Waals surface area contributed by atoms with E-state index in [4.69, 9.17) is 5.11 Å². The van der Waals surface area contributed by atoms with Gasteiger partial charge in [-0.15, -0.1) is 0 Å². The number of hydrogen-bond donors (Lipinski definition) is 2. The van der Waals surface area contributed by atoms with Crippen molar-refractivity contribution >= 4 is 49.3 Å². The molecule has 0 heterocycles. The van der Waals surface area contributed by atoms with Crippen LogP contribution >= 0.6 is 0 Å². The summed E-state index contributed by atoms with van der Waals surface area (Å²) in [7, 11) is -0.969. The van der Waals surface area contributed by atoms with Crippen LogP contribution in [0.3, 0.4) is 0 Å². The zero-order chi connectivity index (χ0) is 20.4. The normalized spacial score (nSPS) is 19.4. The third kappa shape index (κ3) is 10.5. The minimum atomic E-state index is -0.969. The van der Waals surface area contributed by atoms with Gasteiger partial charge >= 0.3 is 35.5 Å². The van der Waals surface area contributed by atoms with Gasteiger partial charge in [0, 0.05) is 19.8 Å². The molecule has 0 unspecified atom stereocenters. The van der Waals surface area contributed by atoms with Gasteiger partial charge < -0.3 is 10.4 Å². The van der Waals surface area contributed by atoms with Crippen molar-refractivity contribution in [2.75, 3.05) is 5.32 Å². The summed E-state index contributed by atoms with van der Waals surface area (Å²) in [5, 5.41) is 12.6. The van der Waals surface area contributed by atoms with E-state index in [9.17, 15) is 4.79 Å². The number of unbranched alkanes of at least 4 members (excludes halogenated alkanes) is 3. The molecule has 1 aromatic rings. The zero-order valence-corrected chi connectivity index (χ0v) is 19.3. The topological polar surface area (TPSA) is 49.3 Å². The Bertz CT molecular complexity index is 583. The first kappa shape index (κ1) is 26.7. The summed E-state index contributed by atoms with van der Waals surface area (Å²) in [6.07, 6.45) is 13.6. The van der Waals surface area contributed by atoms with Gasteiger partial charge in [-0.25, -0.2) is 4.79 Å². The van der Waals surface area contributed by atoms with E-state index in [0.717, 1.165) is 11.6 Å². The number of nitrogens with one attached hydrogen (secondary N) is 1. The van der Waals surface area contributed by atoms with E-state index in [-0.39, 0.29) is 29.6 Å². The van der Waals surface area contributed by atoms with E-state index < -0.39 is 14.0 Å². The summed E-state index contributed by atoms with van der Waals surface area (Å²) in [5.74, 6) is 0.0524. The molecule has 1 aliphatic rings. The summed E-state index contributed by atoms with van der Waals surface area (Å²) >= 11 is 0. The SMILES string of the molecule is CCCCCC[Si](C)(C)CCCC1CCC(Nc2ccc(C(=O)O)cc2)CC1.[NaH]. The van der Waals surface area contributed by atoms with Crippen LogP contribution in [0.1, 0.15) is 81.5 Å². The van der Waals surface area contributed by atoms with Crippen molar-refractivity contribution in [3.8, 4) is 0 Å². The van der Waals surface area contributed by atoms with Crippen LogP contribution < -0.4 is 5.32 Å². The molecule has 5 heteroatoms. The van der Waals surface area contributed by atoms with E-state index in [1.54, 1.807) is 12.1 Å². The van der Waals surface area contributed by atoms with Gasteiger partial charge in [0.2, 0.25) is 0 Å². The van der Waals surface area contributed by atoms with Gasteiger partial charge in [-0.2, -0.15) is 0 Å². The fourth-order valence-electron chi connectivity index (χ4n) is 4.56. The number of rotatable bonds is 12. The third-order valence-corrected chi connectivity index (χ3v) is 9.94. The average Bonchev–Trinajstić information content (AvgIpc) is 2.67. The first-order chi connectivity index (χ1) is 13.4. The Labute approximate surface area is 201 Å². The van der Waals surface area contributed by atoms with Crippen LogP contribution in [0.2, 0.25) is 25.2 Å². The van der Waals surface area contributed by atoms with Crippen molar-refractivity contribution in [3.05, 3.63) is 29.8 Å². The molecule has 1 aliphatic carbocycles. The molecule has 2 N–H and O–H groups in total. The van der Waals surface area contributed by atoms with Crippen LogP contribution in [0.4, 0.5) is 5.69 Å². The molecule has 160 valence electrons. The van der Waals surface area contributed by atoms with Gasteiger partial charge in [0.25, 0.3) is 0 Å². The molecule has 1 saturated carbocycles. The predicted molar refractivity (Wildman–Crippen MR) is 130 cm³/mol. The molecule has 0 spiro atoms. The number of aromatic carboxylic acids is 1. The first-order valence-electron chi connectivity index (χ1n) is 11.5. The molecular formula is C24H42NNaO2Si. The predicted octanol–water partition coefficient (Wildman–Crippen LogP) is 6.78. The van der Waals surface area contributed by atoms with Gasteiger partial charge in [0.15, 0.2) is 0 Å². The van der Waals surface area contributed by atoms with Crippen LogP contribution in [-0.2, 0) is 0 Å². The average molecular weight is 428 g/mol. The van der Waals surface area contributed by atoms with E-state index in [2.05, 4.69) is 25.3 Å². The first-order valence-corrected chi connectivity index (χ1v) is 14.9. The molecule has 0 aromatic heterocycles. The van der Waals surface area contributed by atoms with Crippen LogP contribution in [0.25, 0.3) is 0 Å². The fraction of sp³-hybridized carbons (Fsp3) is 0.708. The second kappa shape index (κ2) is 13.9. The van der Waals surface area contributed by atoms with Crippen molar-refractivity contribution in [1.82, 2.24) is 0 Å². The summed E-state index contributed by atoms with van der Waals surface area (Å²) in [6, 6.07) is 10.7. The van der Waals surface area contributed by atoms with Crippen LogP contribution in [0.5, 0.6) is 0 Å². The summed E-state index contributed by atoms with van der Waals surface area (Å²) < 4.78 is 0. The summed E-state index contributed by atoms with van der Waals surface area (Å²) in [4.78, 5) is 10.9. The maximum absolute atomic E-state index is 10.9. The quantitative estimate of drug-likeness (QED) is 0.286. The molecule has 0 atom stereocenters. The molecule has 1 aromatic carbocycles. The Hall–Kier alpha value is -0.293. The Balaban J connectivity index is 0.00000420. The number of anilines is 1. The number of benzene rings is 1. The number of carbonyl (C=O) groups is 1. The maximum atomic E-state index is 10.9. The molecule has 29 heavy (non-hydrogen) atoms. The number of hydrogen-bond acceptors (Lipinski definition) is 2. The molecule has 3 nitrogen and oxygen atoms in total. The van der Waals surface area contributed by atoms with E-state index in [1.807, 2.05) is 12.1 Å². The molecule has 1 fully saturated rings. The molecule has 0 saturated heterocycles. The Kier molecular flexibility index (Phi) is 12.8. The van der Waals surface area contributed by atoms with Gasteiger partial charge in [0.1, 0.15) is 0 Å². The van der Waals surface area contributed by atoms with E-state index in [1.165, 1.54) is 76.3 Å². The van der Waals surface area contributed by atoms with Crippen molar-refractivity contribution in [3.63, 3.8) is 0 Å². The standard InChI is InChI=1S/C24H41NO2Si.Na.H/c1-4-5-6-7-18-28(2,3)19-8-9-20-10-14-22(15-11-20)25-23-16-12-21(13-17-23)24(26)27;;/h12-13,16-17,20,22,25H,4-11,14-15,18-19H2,1-3H3,(H,26,27);;. The molecule has 0 bridgehead atoms. The van der Waals surface area contributed by atoms with E-state index in [0.29, 0.717) is 11.6 Å². The van der Waals surface area contributed by atoms with Gasteiger partial charge in [-0.1, -0.05) is 70.6 Å². The second-order valence-corrected chi connectivity index (χ2v) is 14.9. The molecule has 2 rings (SSSR count). The minimum absolute atomic E-state index is 0. The molecular weight excluding hydrogens is 385 g/mol. The second-order valence-electron chi connectivity index (χ2n) is 9.61. The van der Waals surface area contributed by atoms with Crippen molar-refractivity contribution < 1.29 is 9.90 Å². The molecule has 0 amide bonds. The van der Waals surface area contributed by atoms with Gasteiger partial charge in [-0.3, -0.25) is 0 Å². The van der Waals surface area contributed by atoms with Gasteiger partial charge in [0.05, 0.1) is 5.56 Å². The summed E-state index contributed by atoms with van der Waals surface area (Å²) in [5.41, 5.74) is 1.40. The monoisotopic (exact) mass is 427 g/mol. The zero-order valence-electron chi connectivity index (χ0n) is 18.3. The van der Waals surface area contributed by atoms with Crippen LogP contribution in [0.15, 0.2) is 24.3 Å².